The topological polar surface area (TPSA) is 0 Å². The Kier molecular flexibility index (Phi) is 12.5. The van der Waals surface area contributed by atoms with Crippen LogP contribution in [0.5, 0.6) is 0 Å². The number of hydrogen-bond donors (Lipinski definition) is 0. The van der Waals surface area contributed by atoms with Gasteiger partial charge in [0.2, 0.25) is 0 Å². The van der Waals surface area contributed by atoms with Gasteiger partial charge in [-0.25, -0.2) is 0 Å². The molecule has 0 heteroatoms. The average Bonchev–Trinajstić information content (AvgIpc) is 2.25. The largest absolute Gasteiger partial charge is 0.0628 e. The molecule has 0 rings (SSSR count). The molecule has 0 aromatic carbocycles. The van der Waals surface area contributed by atoms with Crippen molar-refractivity contribution in [2.45, 2.75) is 91.9 Å². The van der Waals surface area contributed by atoms with Gasteiger partial charge in [-0.2, -0.15) is 0 Å². The van der Waals surface area contributed by atoms with Crippen molar-refractivity contribution in [3.63, 3.8) is 0 Å². The van der Waals surface area contributed by atoms with Gasteiger partial charge in [-0.1, -0.05) is 91.9 Å². The van der Waals surface area contributed by atoms with E-state index >= 15 is 0 Å². The highest BCUT2D eigenvalue weighted by molar-refractivity contribution is 4.65. The summed E-state index contributed by atoms with van der Waals surface area (Å²) in [4.78, 5) is 0. The predicted octanol–water partition coefficient (Wildman–Crippen LogP) is 6.40. The summed E-state index contributed by atoms with van der Waals surface area (Å²) in [6.45, 7) is 9.29. The Hall–Kier alpha value is 0. The maximum atomic E-state index is 2.52. The van der Waals surface area contributed by atoms with Crippen LogP contribution in [0.2, 0.25) is 0 Å². The van der Waals surface area contributed by atoms with Crippen LogP contribution in [0.1, 0.15) is 91.9 Å². The molecule has 1 radical (unpaired) electrons. The first-order valence-electron chi connectivity index (χ1n) is 7.94. The molecule has 0 bridgehead atoms. The molecule has 0 spiro atoms. The Balaban J connectivity index is 2.94. The molecule has 0 aliphatic rings. The minimum atomic E-state index is 0.889. The molecule has 0 aromatic heterocycles. The van der Waals surface area contributed by atoms with Crippen molar-refractivity contribution in [2.24, 2.45) is 11.8 Å². The van der Waals surface area contributed by atoms with Gasteiger partial charge in [0.25, 0.3) is 0 Å². The summed E-state index contributed by atoms with van der Waals surface area (Å²) in [7, 11) is 0. The molecule has 0 amide bonds. The van der Waals surface area contributed by atoms with Crippen molar-refractivity contribution in [3.05, 3.63) is 6.42 Å². The van der Waals surface area contributed by atoms with Crippen LogP contribution in [-0.2, 0) is 0 Å². The average molecular weight is 239 g/mol. The van der Waals surface area contributed by atoms with Crippen LogP contribution in [0.25, 0.3) is 0 Å². The van der Waals surface area contributed by atoms with Crippen molar-refractivity contribution < 1.29 is 0 Å². The van der Waals surface area contributed by atoms with E-state index in [9.17, 15) is 0 Å². The molecule has 0 atom stereocenters. The first kappa shape index (κ1) is 17.0. The van der Waals surface area contributed by atoms with E-state index < -0.39 is 0 Å². The second kappa shape index (κ2) is 12.5. The van der Waals surface area contributed by atoms with Gasteiger partial charge in [0.1, 0.15) is 0 Å². The van der Waals surface area contributed by atoms with E-state index in [2.05, 4.69) is 34.1 Å². The third-order valence-corrected chi connectivity index (χ3v) is 3.38. The highest BCUT2D eigenvalue weighted by atomic mass is 14.0. The summed E-state index contributed by atoms with van der Waals surface area (Å²) in [6, 6.07) is 0. The molecule has 0 N–H and O–H groups in total. The van der Waals surface area contributed by atoms with E-state index in [1.165, 1.54) is 64.2 Å². The zero-order valence-corrected chi connectivity index (χ0v) is 12.8. The molecule has 0 aromatic rings. The van der Waals surface area contributed by atoms with Gasteiger partial charge in [0.05, 0.1) is 0 Å². The molecule has 17 heavy (non-hydrogen) atoms. The van der Waals surface area contributed by atoms with E-state index in [1.54, 1.807) is 0 Å². The Morgan fingerprint density at radius 3 is 1.35 bits per heavy atom. The molecule has 0 unspecified atom stereocenters. The molecule has 0 aliphatic heterocycles. The monoisotopic (exact) mass is 239 g/mol. The standard InChI is InChI=1S/C17H35/c1-16(2)14-12-10-8-6-5-7-9-11-13-15-17(3)4/h5,16-17H,6-15H2,1-4H3. The normalized spacial score (nSPS) is 11.6. The third-order valence-electron chi connectivity index (χ3n) is 3.38. The lowest BCUT2D eigenvalue weighted by atomic mass is 10.0. The van der Waals surface area contributed by atoms with Crippen LogP contribution in [0, 0.1) is 18.3 Å². The van der Waals surface area contributed by atoms with Crippen molar-refractivity contribution in [1.29, 1.82) is 0 Å². The second-order valence-corrected chi connectivity index (χ2v) is 6.35. The van der Waals surface area contributed by atoms with Crippen LogP contribution in [0.3, 0.4) is 0 Å². The smallest absolute Gasteiger partial charge is 0.0386 e. The van der Waals surface area contributed by atoms with E-state index in [0.717, 1.165) is 11.8 Å². The molecule has 103 valence electrons. The fourth-order valence-electron chi connectivity index (χ4n) is 2.18. The molecule has 0 nitrogen and oxygen atoms in total. The fourth-order valence-corrected chi connectivity index (χ4v) is 2.18. The molecule has 0 saturated heterocycles. The SMILES string of the molecule is CC(C)CCCCC[CH]CCCCCC(C)C. The summed E-state index contributed by atoms with van der Waals surface area (Å²) >= 11 is 0. The minimum Gasteiger partial charge on any atom is -0.0628 e. The highest BCUT2D eigenvalue weighted by Crippen LogP contribution is 2.13. The van der Waals surface area contributed by atoms with Gasteiger partial charge in [-0.3, -0.25) is 0 Å². The Bertz CT molecular complexity index is 119. The number of hydrogen-bond acceptors (Lipinski definition) is 0. The van der Waals surface area contributed by atoms with Gasteiger partial charge in [0.15, 0.2) is 0 Å². The molecular weight excluding hydrogens is 204 g/mol. The summed E-state index contributed by atoms with van der Waals surface area (Å²) in [6.07, 6.45) is 16.6. The van der Waals surface area contributed by atoms with Crippen molar-refractivity contribution >= 4 is 0 Å². The molecule has 0 saturated carbocycles. The van der Waals surface area contributed by atoms with Crippen LogP contribution in [-0.4, -0.2) is 0 Å². The molecule has 0 fully saturated rings. The predicted molar refractivity (Wildman–Crippen MR) is 80.1 cm³/mol. The molecule has 0 heterocycles. The lowest BCUT2D eigenvalue weighted by Crippen LogP contribution is -1.88. The van der Waals surface area contributed by atoms with E-state index in [4.69, 9.17) is 0 Å². The third kappa shape index (κ3) is 16.0. The van der Waals surface area contributed by atoms with Gasteiger partial charge in [-0.05, 0) is 18.3 Å². The lowest BCUT2D eigenvalue weighted by molar-refractivity contribution is 0.515. The zero-order chi connectivity index (χ0) is 12.9. The summed E-state index contributed by atoms with van der Waals surface area (Å²) < 4.78 is 0. The van der Waals surface area contributed by atoms with Crippen molar-refractivity contribution in [2.75, 3.05) is 0 Å². The van der Waals surface area contributed by atoms with E-state index in [-0.39, 0.29) is 0 Å². The summed E-state index contributed by atoms with van der Waals surface area (Å²) in [5.41, 5.74) is 0. The summed E-state index contributed by atoms with van der Waals surface area (Å²) in [5.74, 6) is 1.78. The van der Waals surface area contributed by atoms with Crippen LogP contribution in [0.15, 0.2) is 0 Å². The second-order valence-electron chi connectivity index (χ2n) is 6.35. The molecular formula is C17H35. The van der Waals surface area contributed by atoms with Crippen LogP contribution >= 0.6 is 0 Å². The highest BCUT2D eigenvalue weighted by Gasteiger charge is 1.96. The first-order chi connectivity index (χ1) is 8.13. The fraction of sp³-hybridized carbons (Fsp3) is 0.941. The van der Waals surface area contributed by atoms with Crippen LogP contribution in [0.4, 0.5) is 0 Å². The maximum Gasteiger partial charge on any atom is -0.0386 e. The number of rotatable bonds is 12. The lowest BCUT2D eigenvalue weighted by Gasteiger charge is -2.05. The minimum absolute atomic E-state index is 0.889. The van der Waals surface area contributed by atoms with Crippen molar-refractivity contribution in [3.8, 4) is 0 Å². The van der Waals surface area contributed by atoms with E-state index in [0.29, 0.717) is 0 Å². The van der Waals surface area contributed by atoms with Gasteiger partial charge in [0, 0.05) is 0 Å². The Labute approximate surface area is 111 Å². The first-order valence-corrected chi connectivity index (χ1v) is 7.94. The van der Waals surface area contributed by atoms with Gasteiger partial charge >= 0.3 is 0 Å². The Morgan fingerprint density at radius 1 is 0.588 bits per heavy atom. The number of unbranched alkanes of at least 4 members (excludes halogenated alkanes) is 8. The van der Waals surface area contributed by atoms with Gasteiger partial charge < -0.3 is 0 Å². The molecule has 0 aliphatic carbocycles. The van der Waals surface area contributed by atoms with Crippen molar-refractivity contribution in [1.82, 2.24) is 0 Å². The Morgan fingerprint density at radius 2 is 1.00 bits per heavy atom. The van der Waals surface area contributed by atoms with Crippen LogP contribution < -0.4 is 0 Å². The summed E-state index contributed by atoms with van der Waals surface area (Å²) in [5, 5.41) is 0. The quantitative estimate of drug-likeness (QED) is 0.345. The maximum absolute atomic E-state index is 2.52. The van der Waals surface area contributed by atoms with E-state index in [1.807, 2.05) is 0 Å². The van der Waals surface area contributed by atoms with Gasteiger partial charge in [-0.15, -0.1) is 0 Å². The zero-order valence-electron chi connectivity index (χ0n) is 12.8.